The number of rotatable bonds is 6. The molecule has 4 aliphatic carbocycles. The van der Waals surface area contributed by atoms with Crippen LogP contribution in [0.4, 0.5) is 17.1 Å². The summed E-state index contributed by atoms with van der Waals surface area (Å²) in [7, 11) is 0.899. The smallest absolute Gasteiger partial charge is 0.198 e. The molecule has 0 spiro atoms. The van der Waals surface area contributed by atoms with Crippen molar-refractivity contribution in [1.29, 1.82) is 0 Å². The van der Waals surface area contributed by atoms with Gasteiger partial charge >= 0.3 is 0 Å². The van der Waals surface area contributed by atoms with Crippen LogP contribution < -0.4 is 15.8 Å². The van der Waals surface area contributed by atoms with E-state index in [4.69, 9.17) is 0 Å². The molecule has 0 bridgehead atoms. The Morgan fingerprint density at radius 2 is 1.32 bits per heavy atom. The lowest BCUT2D eigenvalue weighted by molar-refractivity contribution is 0.332. The number of allylic oxidation sites excluding steroid dienone is 5. The fourth-order valence-corrected chi connectivity index (χ4v) is 12.7. The van der Waals surface area contributed by atoms with Gasteiger partial charge in [-0.05, 0) is 204 Å². The summed E-state index contributed by atoms with van der Waals surface area (Å²) in [6.45, 7) is 19.2. The van der Waals surface area contributed by atoms with E-state index in [1.54, 1.807) is 11.1 Å². The topological polar surface area (TPSA) is 3.24 Å². The molecule has 11 rings (SSSR count). The first kappa shape index (κ1) is 42.1. The summed E-state index contributed by atoms with van der Waals surface area (Å²) in [5.74, 6) is 0.515. The van der Waals surface area contributed by atoms with Gasteiger partial charge in [0.1, 0.15) is 0 Å². The maximum atomic E-state index is 2.72. The number of fused-ring (bicyclic) bond motifs is 4. The Kier molecular flexibility index (Phi) is 10.2. The van der Waals surface area contributed by atoms with Crippen LogP contribution in [0, 0.1) is 27.7 Å². The van der Waals surface area contributed by atoms with Gasteiger partial charge in [-0.2, -0.15) is 0 Å². The van der Waals surface area contributed by atoms with Gasteiger partial charge in [-0.15, -0.1) is 0 Å². The molecule has 1 unspecified atom stereocenters. The molecule has 326 valence electrons. The van der Waals surface area contributed by atoms with Crippen molar-refractivity contribution in [3.8, 4) is 22.3 Å². The van der Waals surface area contributed by atoms with E-state index in [1.807, 2.05) is 0 Å². The van der Waals surface area contributed by atoms with Crippen LogP contribution in [-0.2, 0) is 16.2 Å². The van der Waals surface area contributed by atoms with Gasteiger partial charge in [0.05, 0.1) is 0 Å². The molecule has 0 aromatic heterocycles. The first-order chi connectivity index (χ1) is 31.4. The minimum atomic E-state index is -0.254. The number of aryl methyl sites for hydroxylation is 4. The molecule has 6 aromatic rings. The van der Waals surface area contributed by atoms with Crippen molar-refractivity contribution in [3.63, 3.8) is 0 Å². The average Bonchev–Trinajstić information content (AvgIpc) is 4.14. The Morgan fingerprint density at radius 1 is 0.600 bits per heavy atom. The Labute approximate surface area is 390 Å². The largest absolute Gasteiger partial charge is 0.311 e. The lowest BCUT2D eigenvalue weighted by Crippen LogP contribution is -2.42. The number of anilines is 3. The molecule has 0 radical (unpaired) electrons. The van der Waals surface area contributed by atoms with Crippen LogP contribution in [-0.4, -0.2) is 7.28 Å². The third kappa shape index (κ3) is 6.87. The van der Waals surface area contributed by atoms with E-state index >= 15 is 0 Å². The van der Waals surface area contributed by atoms with Crippen molar-refractivity contribution in [2.24, 2.45) is 0 Å². The molecule has 1 nitrogen and oxygen atoms in total. The lowest BCUT2D eigenvalue weighted by Gasteiger charge is -2.44. The van der Waals surface area contributed by atoms with Crippen LogP contribution in [0.15, 0.2) is 133 Å². The maximum absolute atomic E-state index is 2.72. The Morgan fingerprint density at radius 3 is 2.06 bits per heavy atom. The summed E-state index contributed by atoms with van der Waals surface area (Å²) >= 11 is 0. The van der Waals surface area contributed by atoms with E-state index in [0.717, 1.165) is 26.5 Å². The Hall–Kier alpha value is -5.60. The van der Waals surface area contributed by atoms with Gasteiger partial charge in [0.2, 0.25) is 0 Å². The molecular formula is C63H66BN. The molecule has 1 heterocycles. The van der Waals surface area contributed by atoms with Crippen molar-refractivity contribution in [3.05, 3.63) is 189 Å². The monoisotopic (exact) mass is 848 g/mol. The van der Waals surface area contributed by atoms with Crippen molar-refractivity contribution in [2.75, 3.05) is 4.90 Å². The highest BCUT2D eigenvalue weighted by Gasteiger charge is 2.43. The molecule has 2 heteroatoms. The summed E-state index contributed by atoms with van der Waals surface area (Å²) in [6.07, 6.45) is 22.8. The number of nitrogens with zero attached hydrogens (tertiary/aromatic N) is 1. The normalized spacial score (nSPS) is 21.4. The highest BCUT2D eigenvalue weighted by Crippen LogP contribution is 2.56. The first-order valence-corrected chi connectivity index (χ1v) is 24.9. The minimum Gasteiger partial charge on any atom is -0.311 e. The molecule has 1 aliphatic heterocycles. The first-order valence-electron chi connectivity index (χ1n) is 24.9. The summed E-state index contributed by atoms with van der Waals surface area (Å²) in [4.78, 5) is 2.72. The van der Waals surface area contributed by atoms with E-state index in [-0.39, 0.29) is 16.2 Å². The molecule has 65 heavy (non-hydrogen) atoms. The summed E-state index contributed by atoms with van der Waals surface area (Å²) in [6, 6.07) is 41.0. The highest BCUT2D eigenvalue weighted by molar-refractivity contribution is 6.73. The zero-order valence-electron chi connectivity index (χ0n) is 40.3. The van der Waals surface area contributed by atoms with Crippen LogP contribution >= 0.6 is 0 Å². The molecule has 1 atom stereocenters. The predicted molar refractivity (Wildman–Crippen MR) is 281 cm³/mol. The van der Waals surface area contributed by atoms with Gasteiger partial charge in [-0.25, -0.2) is 0 Å². The zero-order chi connectivity index (χ0) is 44.8. The lowest BCUT2D eigenvalue weighted by atomic mass is 9.56. The van der Waals surface area contributed by atoms with Crippen molar-refractivity contribution in [1.82, 2.24) is 0 Å². The quantitative estimate of drug-likeness (QED) is 0.119. The molecule has 5 aliphatic rings. The predicted octanol–water partition coefficient (Wildman–Crippen LogP) is 15.4. The molecule has 0 N–H and O–H groups in total. The SMILES string of the molecule is Cc1cc2c(cc1C)N(c1cc3c(cc1C)C(C)(C)CCC3(C)C)c1cc(-c3ccccc3C)c(C3CC3)c(-c3cccc4c3/C=C\C=C/CC4(C3=CCCCC3)c3ccccc3)c1B2. The maximum Gasteiger partial charge on any atom is 0.198 e. The second kappa shape index (κ2) is 15.8. The van der Waals surface area contributed by atoms with Crippen molar-refractivity contribution in [2.45, 2.75) is 135 Å². The molecule has 0 amide bonds. The number of hydrogen-bond acceptors (Lipinski definition) is 1. The minimum absolute atomic E-state index is 0.0887. The van der Waals surface area contributed by atoms with Crippen LogP contribution in [0.3, 0.4) is 0 Å². The van der Waals surface area contributed by atoms with Gasteiger partial charge in [0.15, 0.2) is 7.28 Å². The van der Waals surface area contributed by atoms with Crippen LogP contribution in [0.5, 0.6) is 0 Å². The zero-order valence-corrected chi connectivity index (χ0v) is 40.3. The Balaban J connectivity index is 1.27. The highest BCUT2D eigenvalue weighted by atomic mass is 15.2. The molecule has 6 aromatic carbocycles. The van der Waals surface area contributed by atoms with E-state index in [1.165, 1.54) is 139 Å². The second-order valence-electron chi connectivity index (χ2n) is 21.8. The van der Waals surface area contributed by atoms with Gasteiger partial charge in [0.25, 0.3) is 0 Å². The third-order valence-corrected chi connectivity index (χ3v) is 16.7. The van der Waals surface area contributed by atoms with Gasteiger partial charge in [-0.3, -0.25) is 0 Å². The fraction of sp³-hybridized carbons (Fsp3) is 0.333. The van der Waals surface area contributed by atoms with E-state index in [9.17, 15) is 0 Å². The Bertz CT molecular complexity index is 2990. The van der Waals surface area contributed by atoms with Gasteiger partial charge in [-0.1, -0.05) is 154 Å². The van der Waals surface area contributed by atoms with E-state index < -0.39 is 0 Å². The van der Waals surface area contributed by atoms with Crippen molar-refractivity contribution >= 4 is 41.3 Å². The molecular weight excluding hydrogens is 782 g/mol. The summed E-state index contributed by atoms with van der Waals surface area (Å²) in [5, 5.41) is 0. The fourth-order valence-electron chi connectivity index (χ4n) is 12.7. The molecule has 1 saturated carbocycles. The van der Waals surface area contributed by atoms with E-state index in [2.05, 4.69) is 194 Å². The van der Waals surface area contributed by atoms with E-state index in [0.29, 0.717) is 5.92 Å². The van der Waals surface area contributed by atoms with Crippen molar-refractivity contribution < 1.29 is 0 Å². The van der Waals surface area contributed by atoms with Gasteiger partial charge in [0, 0.05) is 22.5 Å². The molecule has 0 saturated heterocycles. The summed E-state index contributed by atoms with van der Waals surface area (Å²) in [5.41, 5.74) is 28.3. The average molecular weight is 848 g/mol. The standard InChI is InChI=1S/C63H66BN/c1-40-21-17-18-26-47(40)50-38-57-60(64-54-36-41(2)42(3)37-56(54)65(57)55-39-53-52(35-43(55)4)61(5,6)33-34-62(53,7)8)59(58(50)44-30-31-44)49-28-20-29-51-48(49)27-16-11-19-32-63(51,45-22-12-9-13-23-45)46-24-14-10-15-25-46/h9,11-13,16-24,26-29,35-39,44,64H,10,14-15,25,30-34H2,1-8H3/b19-11-,27-16-. The number of hydrogen-bond donors (Lipinski definition) is 0. The molecule has 1 fully saturated rings. The van der Waals surface area contributed by atoms with Gasteiger partial charge < -0.3 is 4.90 Å². The number of benzene rings is 6. The second-order valence-corrected chi connectivity index (χ2v) is 21.8. The van der Waals surface area contributed by atoms with Crippen LogP contribution in [0.25, 0.3) is 28.3 Å². The van der Waals surface area contributed by atoms with Crippen LogP contribution in [0.1, 0.15) is 147 Å². The third-order valence-electron chi connectivity index (χ3n) is 16.7. The summed E-state index contributed by atoms with van der Waals surface area (Å²) < 4.78 is 0. The van der Waals surface area contributed by atoms with Crippen LogP contribution in [0.2, 0.25) is 0 Å².